The van der Waals surface area contributed by atoms with Crippen molar-refractivity contribution in [1.82, 2.24) is 5.32 Å². The van der Waals surface area contributed by atoms with Crippen LogP contribution in [0.15, 0.2) is 60.7 Å². The number of hydrogen-bond donors (Lipinski definition) is 3. The van der Waals surface area contributed by atoms with Gasteiger partial charge in [-0.3, -0.25) is 9.52 Å². The van der Waals surface area contributed by atoms with Crippen LogP contribution in [0.25, 0.3) is 11.1 Å². The highest BCUT2D eigenvalue weighted by Gasteiger charge is 2.32. The molecule has 0 aromatic heterocycles. The Hall–Kier alpha value is -3.63. The number of carbonyl (C=O) groups is 2. The lowest BCUT2D eigenvalue weighted by Gasteiger charge is -2.34. The van der Waals surface area contributed by atoms with Gasteiger partial charge in [-0.2, -0.15) is 0 Å². The molecule has 3 aromatic rings. The summed E-state index contributed by atoms with van der Waals surface area (Å²) >= 11 is 5.76. The Morgan fingerprint density at radius 3 is 2.58 bits per heavy atom. The number of carbonyl (C=O) groups excluding carboxylic acids is 2. The highest BCUT2D eigenvalue weighted by molar-refractivity contribution is 7.92. The number of nitrogens with one attached hydrogen (secondary N) is 3. The molecule has 1 aliphatic heterocycles. The van der Waals surface area contributed by atoms with E-state index in [4.69, 9.17) is 11.6 Å². The number of aryl methyl sites for hydroxylation is 1. The molecule has 1 aliphatic rings. The largest absolute Gasteiger partial charge is 0.326 e. The summed E-state index contributed by atoms with van der Waals surface area (Å²) in [5.41, 5.74) is 3.58. The van der Waals surface area contributed by atoms with Crippen LogP contribution in [-0.4, -0.2) is 39.2 Å². The van der Waals surface area contributed by atoms with Crippen molar-refractivity contribution in [3.8, 4) is 11.1 Å². The zero-order chi connectivity index (χ0) is 27.4. The van der Waals surface area contributed by atoms with Gasteiger partial charge < -0.3 is 15.5 Å². The minimum atomic E-state index is -3.47. The first-order valence-electron chi connectivity index (χ1n) is 12.1. The number of rotatable bonds is 7. The van der Waals surface area contributed by atoms with Gasteiger partial charge in [0.25, 0.3) is 0 Å². The second-order valence-corrected chi connectivity index (χ2v) is 11.2. The quantitative estimate of drug-likeness (QED) is 0.361. The van der Waals surface area contributed by atoms with Crippen LogP contribution in [0.1, 0.15) is 25.3 Å². The van der Waals surface area contributed by atoms with Crippen LogP contribution in [0.5, 0.6) is 0 Å². The molecule has 1 heterocycles. The first kappa shape index (κ1) is 27.4. The molecule has 0 unspecified atom stereocenters. The van der Waals surface area contributed by atoms with E-state index in [1.165, 1.54) is 12.1 Å². The molecule has 3 N–H and O–H groups in total. The number of amides is 3. The third-order valence-electron chi connectivity index (χ3n) is 6.21. The number of nitrogens with zero attached hydrogens (tertiary/aromatic N) is 1. The van der Waals surface area contributed by atoms with Gasteiger partial charge in [0.1, 0.15) is 11.9 Å². The molecule has 3 amide bonds. The Morgan fingerprint density at radius 2 is 1.87 bits per heavy atom. The summed E-state index contributed by atoms with van der Waals surface area (Å²) in [6, 6.07) is 15.2. The molecule has 38 heavy (non-hydrogen) atoms. The average molecular weight is 559 g/mol. The van der Waals surface area contributed by atoms with Crippen molar-refractivity contribution < 1.29 is 22.4 Å². The van der Waals surface area contributed by atoms with Crippen molar-refractivity contribution in [2.24, 2.45) is 0 Å². The molecular formula is C27H28ClFN4O4S. The fraction of sp³-hybridized carbons (Fsp3) is 0.259. The molecule has 1 fully saturated rings. The van der Waals surface area contributed by atoms with E-state index in [0.29, 0.717) is 31.5 Å². The third kappa shape index (κ3) is 6.43. The average Bonchev–Trinajstić information content (AvgIpc) is 2.86. The molecule has 0 spiro atoms. The predicted octanol–water partition coefficient (Wildman–Crippen LogP) is 5.40. The van der Waals surface area contributed by atoms with E-state index in [1.54, 1.807) is 17.0 Å². The van der Waals surface area contributed by atoms with Gasteiger partial charge in [-0.15, -0.1) is 0 Å². The molecule has 0 radical (unpaired) electrons. The number of hydrogen-bond acceptors (Lipinski definition) is 4. The fourth-order valence-corrected chi connectivity index (χ4v) is 5.22. The van der Waals surface area contributed by atoms with Crippen LogP contribution in [-0.2, 0) is 21.2 Å². The molecule has 3 aromatic carbocycles. The summed E-state index contributed by atoms with van der Waals surface area (Å²) in [7, 11) is -3.47. The molecule has 1 atom stereocenters. The fourth-order valence-electron chi connectivity index (χ4n) is 4.48. The van der Waals surface area contributed by atoms with Gasteiger partial charge in [0.15, 0.2) is 0 Å². The second-order valence-electron chi connectivity index (χ2n) is 9.02. The lowest BCUT2D eigenvalue weighted by atomic mass is 9.97. The standard InChI is InChI=1S/C27H28ClFN4O4S/c1-3-17-15-18(20-7-4-5-8-22(20)32-38(2,36)37)10-13-25(17)33-14-6-9-24(26(33)34)31-27(35)30-23-12-11-19(28)16-21(23)29/h4-5,7-8,10-13,15-16,24,32H,3,6,9,14H2,1-2H3,(H2,30,31,35)/t24-/m1/s1. The SMILES string of the molecule is CCc1cc(-c2ccccc2NS(C)(=O)=O)ccc1N1CCC[C@@H](NC(=O)Nc2ccc(Cl)cc2F)C1=O. The lowest BCUT2D eigenvalue weighted by Crippen LogP contribution is -2.53. The van der Waals surface area contributed by atoms with Crippen LogP contribution in [0.2, 0.25) is 5.02 Å². The van der Waals surface area contributed by atoms with Crippen LogP contribution in [0.4, 0.5) is 26.2 Å². The maximum Gasteiger partial charge on any atom is 0.319 e. The Morgan fingerprint density at radius 1 is 1.11 bits per heavy atom. The van der Waals surface area contributed by atoms with E-state index in [2.05, 4.69) is 15.4 Å². The minimum absolute atomic E-state index is 0.0403. The minimum Gasteiger partial charge on any atom is -0.326 e. The molecule has 0 saturated carbocycles. The van der Waals surface area contributed by atoms with Crippen molar-refractivity contribution >= 4 is 50.6 Å². The van der Waals surface area contributed by atoms with Gasteiger partial charge >= 0.3 is 6.03 Å². The van der Waals surface area contributed by atoms with Crippen LogP contribution >= 0.6 is 11.6 Å². The maximum absolute atomic E-state index is 14.1. The van der Waals surface area contributed by atoms with Crippen LogP contribution in [0, 0.1) is 5.82 Å². The smallest absolute Gasteiger partial charge is 0.319 e. The molecule has 200 valence electrons. The molecule has 0 bridgehead atoms. The Bertz CT molecular complexity index is 1480. The monoisotopic (exact) mass is 558 g/mol. The van der Waals surface area contributed by atoms with Gasteiger partial charge in [-0.05, 0) is 66.8 Å². The first-order valence-corrected chi connectivity index (χ1v) is 14.4. The molecule has 11 heteroatoms. The Kier molecular flexibility index (Phi) is 8.23. The van der Waals surface area contributed by atoms with Crippen molar-refractivity contribution in [3.05, 3.63) is 77.1 Å². The van der Waals surface area contributed by atoms with Gasteiger partial charge in [0.05, 0.1) is 17.6 Å². The number of urea groups is 1. The van der Waals surface area contributed by atoms with Crippen molar-refractivity contribution in [2.75, 3.05) is 27.7 Å². The number of sulfonamides is 1. The summed E-state index contributed by atoms with van der Waals surface area (Å²) in [5.74, 6) is -0.935. The van der Waals surface area contributed by atoms with Gasteiger partial charge in [0, 0.05) is 22.8 Å². The van der Waals surface area contributed by atoms with E-state index >= 15 is 0 Å². The summed E-state index contributed by atoms with van der Waals surface area (Å²) < 4.78 is 40.3. The van der Waals surface area contributed by atoms with Crippen molar-refractivity contribution in [3.63, 3.8) is 0 Å². The second kappa shape index (κ2) is 11.4. The zero-order valence-corrected chi connectivity index (χ0v) is 22.5. The number of para-hydroxylation sites is 1. The summed E-state index contributed by atoms with van der Waals surface area (Å²) in [5, 5.41) is 5.29. The zero-order valence-electron chi connectivity index (χ0n) is 20.9. The highest BCUT2D eigenvalue weighted by atomic mass is 35.5. The van der Waals surface area contributed by atoms with E-state index < -0.39 is 27.9 Å². The summed E-state index contributed by atoms with van der Waals surface area (Å²) in [4.78, 5) is 27.5. The summed E-state index contributed by atoms with van der Waals surface area (Å²) in [6.45, 7) is 2.46. The molecule has 0 aliphatic carbocycles. The molecular weight excluding hydrogens is 531 g/mol. The normalized spacial score (nSPS) is 15.7. The van der Waals surface area contributed by atoms with E-state index in [-0.39, 0.29) is 16.6 Å². The van der Waals surface area contributed by atoms with E-state index in [1.807, 2.05) is 37.3 Å². The predicted molar refractivity (Wildman–Crippen MR) is 149 cm³/mol. The van der Waals surface area contributed by atoms with Gasteiger partial charge in [-0.25, -0.2) is 17.6 Å². The van der Waals surface area contributed by atoms with Crippen molar-refractivity contribution in [2.45, 2.75) is 32.2 Å². The number of piperidine rings is 1. The third-order valence-corrected chi connectivity index (χ3v) is 7.03. The van der Waals surface area contributed by atoms with E-state index in [0.717, 1.165) is 34.7 Å². The number of halogens is 2. The molecule has 8 nitrogen and oxygen atoms in total. The summed E-state index contributed by atoms with van der Waals surface area (Å²) in [6.07, 6.45) is 2.85. The van der Waals surface area contributed by atoms with Crippen LogP contribution < -0.4 is 20.3 Å². The maximum atomic E-state index is 14.1. The van der Waals surface area contributed by atoms with Crippen molar-refractivity contribution in [1.29, 1.82) is 0 Å². The van der Waals surface area contributed by atoms with Gasteiger partial charge in [0.2, 0.25) is 15.9 Å². The topological polar surface area (TPSA) is 108 Å². The first-order chi connectivity index (χ1) is 18.1. The van der Waals surface area contributed by atoms with Crippen LogP contribution in [0.3, 0.4) is 0 Å². The lowest BCUT2D eigenvalue weighted by molar-refractivity contribution is -0.121. The Labute approximate surface area is 226 Å². The number of benzene rings is 3. The van der Waals surface area contributed by atoms with E-state index in [9.17, 15) is 22.4 Å². The van der Waals surface area contributed by atoms with Gasteiger partial charge in [-0.1, -0.05) is 42.8 Å². The highest BCUT2D eigenvalue weighted by Crippen LogP contribution is 2.34. The molecule has 1 saturated heterocycles. The molecule has 4 rings (SSSR count). The Balaban J connectivity index is 1.54. The number of anilines is 3.